The average molecular weight is 437 g/mol. The topological polar surface area (TPSA) is 85.1 Å². The minimum absolute atomic E-state index is 0.175. The molecule has 0 aliphatic carbocycles. The van der Waals surface area contributed by atoms with Gasteiger partial charge >= 0.3 is 6.18 Å². The van der Waals surface area contributed by atoms with Crippen molar-refractivity contribution in [3.63, 3.8) is 0 Å². The maximum Gasteiger partial charge on any atom is 0.416 e. The lowest BCUT2D eigenvalue weighted by Gasteiger charge is -2.18. The summed E-state index contributed by atoms with van der Waals surface area (Å²) < 4.78 is 39.1. The van der Waals surface area contributed by atoms with Crippen molar-refractivity contribution in [2.24, 2.45) is 5.73 Å². The predicted molar refractivity (Wildman–Crippen MR) is 115 cm³/mol. The molecular weight excluding hydrogens is 419 g/mol. The fourth-order valence-electron chi connectivity index (χ4n) is 3.65. The second-order valence-electron chi connectivity index (χ2n) is 7.35. The minimum Gasteiger partial charge on any atom is -0.368 e. The normalized spacial score (nSPS) is 12.6. The fourth-order valence-corrected chi connectivity index (χ4v) is 3.65. The van der Waals surface area contributed by atoms with Crippen LogP contribution in [-0.4, -0.2) is 22.8 Å². The summed E-state index contributed by atoms with van der Waals surface area (Å²) >= 11 is 0. The maximum atomic E-state index is 13.3. The first kappa shape index (κ1) is 21.3. The van der Waals surface area contributed by atoms with E-state index in [1.165, 1.54) is 12.1 Å². The number of benzene rings is 3. The van der Waals surface area contributed by atoms with Crippen LogP contribution in [0.2, 0.25) is 0 Å². The number of carbonyl (C=O) groups is 2. The van der Waals surface area contributed by atoms with E-state index in [1.54, 1.807) is 48.5 Å². The van der Waals surface area contributed by atoms with E-state index in [0.717, 1.165) is 12.1 Å². The van der Waals surface area contributed by atoms with Gasteiger partial charge in [0.1, 0.15) is 6.04 Å². The standard InChI is InChI=1S/C24H18F3N3O2/c25-24(26,27)15-7-5-6-14(12-15)13-20(22(28)31)30-23(32)21-16-8-1-3-10-18(16)29-19-11-4-2-9-17(19)21/h1-12,20H,13H2,(H2,28,31)(H,30,32)/t20-/m1/s1. The van der Waals surface area contributed by atoms with E-state index in [-0.39, 0.29) is 12.0 Å². The number of hydrogen-bond acceptors (Lipinski definition) is 3. The number of fused-ring (bicyclic) bond motifs is 2. The van der Waals surface area contributed by atoms with Crippen molar-refractivity contribution in [1.82, 2.24) is 10.3 Å². The van der Waals surface area contributed by atoms with Crippen molar-refractivity contribution in [3.05, 3.63) is 89.5 Å². The van der Waals surface area contributed by atoms with Crippen LogP contribution in [0.25, 0.3) is 21.8 Å². The van der Waals surface area contributed by atoms with Crippen molar-refractivity contribution in [3.8, 4) is 0 Å². The highest BCUT2D eigenvalue weighted by atomic mass is 19.4. The van der Waals surface area contributed by atoms with Crippen LogP contribution in [0, 0.1) is 0 Å². The van der Waals surface area contributed by atoms with E-state index in [4.69, 9.17) is 5.73 Å². The van der Waals surface area contributed by atoms with Crippen LogP contribution in [0.5, 0.6) is 0 Å². The Morgan fingerprint density at radius 1 is 0.906 bits per heavy atom. The van der Waals surface area contributed by atoms with Gasteiger partial charge in [0.15, 0.2) is 0 Å². The minimum atomic E-state index is -4.52. The number of halogens is 3. The molecule has 0 aliphatic heterocycles. The van der Waals surface area contributed by atoms with Gasteiger partial charge in [-0.25, -0.2) is 4.98 Å². The fraction of sp³-hybridized carbons (Fsp3) is 0.125. The lowest BCUT2D eigenvalue weighted by Crippen LogP contribution is -2.46. The molecule has 1 atom stereocenters. The van der Waals surface area contributed by atoms with E-state index in [0.29, 0.717) is 27.4 Å². The summed E-state index contributed by atoms with van der Waals surface area (Å²) in [4.78, 5) is 29.9. The first-order chi connectivity index (χ1) is 15.2. The molecule has 8 heteroatoms. The molecule has 0 aliphatic rings. The molecule has 3 aromatic carbocycles. The predicted octanol–water partition coefficient (Wildman–Crippen LogP) is 4.23. The first-order valence-corrected chi connectivity index (χ1v) is 9.78. The molecular formula is C24H18F3N3O2. The Hall–Kier alpha value is -3.94. The molecule has 0 spiro atoms. The SMILES string of the molecule is NC(=O)[C@@H](Cc1cccc(C(F)(F)F)c1)NC(=O)c1c2ccccc2nc2ccccc12. The number of hydrogen-bond donors (Lipinski definition) is 2. The van der Waals surface area contributed by atoms with Gasteiger partial charge in [0, 0.05) is 17.2 Å². The number of alkyl halides is 3. The highest BCUT2D eigenvalue weighted by Crippen LogP contribution is 2.30. The highest BCUT2D eigenvalue weighted by Gasteiger charge is 2.31. The largest absolute Gasteiger partial charge is 0.416 e. The molecule has 162 valence electrons. The zero-order valence-corrected chi connectivity index (χ0v) is 16.7. The van der Waals surface area contributed by atoms with E-state index in [9.17, 15) is 22.8 Å². The molecule has 0 bridgehead atoms. The van der Waals surface area contributed by atoms with Gasteiger partial charge in [-0.3, -0.25) is 9.59 Å². The number of primary amides is 1. The van der Waals surface area contributed by atoms with Gasteiger partial charge < -0.3 is 11.1 Å². The number of amides is 2. The Labute approximate surface area is 181 Å². The van der Waals surface area contributed by atoms with Gasteiger partial charge in [-0.05, 0) is 23.8 Å². The molecule has 5 nitrogen and oxygen atoms in total. The lowest BCUT2D eigenvalue weighted by atomic mass is 10.00. The van der Waals surface area contributed by atoms with Gasteiger partial charge in [0.05, 0.1) is 22.2 Å². The van der Waals surface area contributed by atoms with Gasteiger partial charge in [-0.1, -0.05) is 54.6 Å². The van der Waals surface area contributed by atoms with Crippen molar-refractivity contribution in [2.45, 2.75) is 18.6 Å². The number of nitrogens with one attached hydrogen (secondary N) is 1. The summed E-state index contributed by atoms with van der Waals surface area (Å²) in [5.41, 5.74) is 6.39. The smallest absolute Gasteiger partial charge is 0.368 e. The molecule has 1 heterocycles. The Balaban J connectivity index is 1.70. The van der Waals surface area contributed by atoms with Gasteiger partial charge in [-0.2, -0.15) is 13.2 Å². The van der Waals surface area contributed by atoms with Crippen LogP contribution in [0.3, 0.4) is 0 Å². The lowest BCUT2D eigenvalue weighted by molar-refractivity contribution is -0.137. The van der Waals surface area contributed by atoms with Crippen molar-refractivity contribution < 1.29 is 22.8 Å². The van der Waals surface area contributed by atoms with Crippen LogP contribution in [0.15, 0.2) is 72.8 Å². The first-order valence-electron chi connectivity index (χ1n) is 9.78. The highest BCUT2D eigenvalue weighted by molar-refractivity contribution is 6.16. The Morgan fingerprint density at radius 2 is 1.50 bits per heavy atom. The summed E-state index contributed by atoms with van der Waals surface area (Å²) in [6.45, 7) is 0. The molecule has 4 aromatic rings. The third-order valence-corrected chi connectivity index (χ3v) is 5.16. The van der Waals surface area contributed by atoms with Crippen LogP contribution in [0.4, 0.5) is 13.2 Å². The van der Waals surface area contributed by atoms with Crippen LogP contribution in [0.1, 0.15) is 21.5 Å². The van der Waals surface area contributed by atoms with E-state index in [2.05, 4.69) is 10.3 Å². The van der Waals surface area contributed by atoms with Gasteiger partial charge in [0.2, 0.25) is 5.91 Å². The number of aromatic nitrogens is 1. The molecule has 0 saturated carbocycles. The summed E-state index contributed by atoms with van der Waals surface area (Å²) in [6, 6.07) is 17.6. The zero-order valence-electron chi connectivity index (χ0n) is 16.7. The molecule has 0 unspecified atom stereocenters. The molecule has 0 saturated heterocycles. The Bertz CT molecular complexity index is 1280. The van der Waals surface area contributed by atoms with Crippen LogP contribution < -0.4 is 11.1 Å². The molecule has 0 radical (unpaired) electrons. The van der Waals surface area contributed by atoms with Crippen molar-refractivity contribution in [2.75, 3.05) is 0 Å². The number of rotatable bonds is 5. The monoisotopic (exact) mass is 437 g/mol. The second-order valence-corrected chi connectivity index (χ2v) is 7.35. The van der Waals surface area contributed by atoms with Crippen LogP contribution in [-0.2, 0) is 17.4 Å². The Kier molecular flexibility index (Phi) is 5.52. The molecule has 3 N–H and O–H groups in total. The Morgan fingerprint density at radius 3 is 2.06 bits per heavy atom. The number of para-hydroxylation sites is 2. The number of carbonyl (C=O) groups excluding carboxylic acids is 2. The van der Waals surface area contributed by atoms with E-state index < -0.39 is 29.6 Å². The third kappa shape index (κ3) is 4.25. The van der Waals surface area contributed by atoms with Gasteiger partial charge in [0.25, 0.3) is 5.91 Å². The average Bonchev–Trinajstić information content (AvgIpc) is 2.76. The molecule has 1 aromatic heterocycles. The number of nitrogens with two attached hydrogens (primary N) is 1. The number of pyridine rings is 1. The van der Waals surface area contributed by atoms with Gasteiger partial charge in [-0.15, -0.1) is 0 Å². The zero-order chi connectivity index (χ0) is 22.9. The van der Waals surface area contributed by atoms with E-state index >= 15 is 0 Å². The summed E-state index contributed by atoms with van der Waals surface area (Å²) in [5, 5.41) is 3.78. The molecule has 32 heavy (non-hydrogen) atoms. The molecule has 4 rings (SSSR count). The number of nitrogens with zero attached hydrogens (tertiary/aromatic N) is 1. The van der Waals surface area contributed by atoms with E-state index in [1.807, 2.05) is 0 Å². The summed E-state index contributed by atoms with van der Waals surface area (Å²) in [6.07, 6.45) is -4.69. The molecule has 0 fully saturated rings. The second kappa shape index (κ2) is 8.30. The quantitative estimate of drug-likeness (QED) is 0.458. The van der Waals surface area contributed by atoms with Crippen LogP contribution >= 0.6 is 0 Å². The molecule has 2 amide bonds. The van der Waals surface area contributed by atoms with Crippen molar-refractivity contribution >= 4 is 33.6 Å². The summed E-state index contributed by atoms with van der Waals surface area (Å²) in [5.74, 6) is -1.41. The summed E-state index contributed by atoms with van der Waals surface area (Å²) in [7, 11) is 0. The van der Waals surface area contributed by atoms with Crippen molar-refractivity contribution in [1.29, 1.82) is 0 Å². The maximum absolute atomic E-state index is 13.3. The third-order valence-electron chi connectivity index (χ3n) is 5.16.